The van der Waals surface area contributed by atoms with Crippen LogP contribution in [0.15, 0.2) is 18.2 Å². The van der Waals surface area contributed by atoms with Crippen molar-refractivity contribution in [1.29, 1.82) is 0 Å². The van der Waals surface area contributed by atoms with Gasteiger partial charge in [0, 0.05) is 12.6 Å². The Hall–Kier alpha value is -0.890. The summed E-state index contributed by atoms with van der Waals surface area (Å²) in [6.07, 6.45) is 0. The number of benzene rings is 1. The molecule has 0 saturated heterocycles. The van der Waals surface area contributed by atoms with E-state index in [9.17, 15) is 0 Å². The second kappa shape index (κ2) is 3.68. The van der Waals surface area contributed by atoms with E-state index in [1.807, 2.05) is 7.05 Å². The zero-order valence-electron chi connectivity index (χ0n) is 7.64. The van der Waals surface area contributed by atoms with Gasteiger partial charge in [-0.25, -0.2) is 0 Å². The van der Waals surface area contributed by atoms with Gasteiger partial charge in [0.15, 0.2) is 0 Å². The summed E-state index contributed by atoms with van der Waals surface area (Å²) >= 11 is 5.14. The van der Waals surface area contributed by atoms with E-state index in [0.29, 0.717) is 0 Å². The lowest BCUT2D eigenvalue weighted by Crippen LogP contribution is -2.17. The van der Waals surface area contributed by atoms with E-state index in [-0.39, 0.29) is 0 Å². The number of nitrogens with one attached hydrogen (secondary N) is 1. The summed E-state index contributed by atoms with van der Waals surface area (Å²) in [6.45, 7) is 4.16. The van der Waals surface area contributed by atoms with Gasteiger partial charge in [0.25, 0.3) is 0 Å². The summed E-state index contributed by atoms with van der Waals surface area (Å²) in [7, 11) is 1.85. The Kier molecular flexibility index (Phi) is 2.82. The number of hydrogen-bond acceptors (Lipinski definition) is 1. The summed E-state index contributed by atoms with van der Waals surface area (Å²) in [5, 5.41) is 2.97. The van der Waals surface area contributed by atoms with E-state index in [4.69, 9.17) is 12.2 Å². The lowest BCUT2D eigenvalue weighted by molar-refractivity contribution is 1.19. The predicted octanol–water partition coefficient (Wildman–Crippen LogP) is 2.20. The number of hydrogen-bond donors (Lipinski definition) is 1. The van der Waals surface area contributed by atoms with Gasteiger partial charge in [-0.1, -0.05) is 36.0 Å². The molecule has 64 valence electrons. The van der Waals surface area contributed by atoms with Crippen molar-refractivity contribution in [3.63, 3.8) is 0 Å². The van der Waals surface area contributed by atoms with Crippen LogP contribution in [-0.4, -0.2) is 12.0 Å². The Morgan fingerprint density at radius 3 is 2.50 bits per heavy atom. The van der Waals surface area contributed by atoms with Gasteiger partial charge in [-0.15, -0.1) is 0 Å². The van der Waals surface area contributed by atoms with Gasteiger partial charge in [-0.2, -0.15) is 0 Å². The second-order valence-electron chi connectivity index (χ2n) is 2.90. The van der Waals surface area contributed by atoms with Crippen LogP contribution in [0.5, 0.6) is 0 Å². The molecule has 0 radical (unpaired) electrons. The van der Waals surface area contributed by atoms with Crippen molar-refractivity contribution in [2.75, 3.05) is 7.05 Å². The highest BCUT2D eigenvalue weighted by Crippen LogP contribution is 2.10. The van der Waals surface area contributed by atoms with Gasteiger partial charge < -0.3 is 5.32 Å². The van der Waals surface area contributed by atoms with Crippen molar-refractivity contribution >= 4 is 17.2 Å². The quantitative estimate of drug-likeness (QED) is 0.663. The molecule has 1 N–H and O–H groups in total. The Labute approximate surface area is 78.8 Å². The Morgan fingerprint density at radius 1 is 1.33 bits per heavy atom. The molecule has 1 aromatic rings. The smallest absolute Gasteiger partial charge is 0.106 e. The van der Waals surface area contributed by atoms with Crippen molar-refractivity contribution < 1.29 is 0 Å². The van der Waals surface area contributed by atoms with E-state index in [1.54, 1.807) is 0 Å². The number of rotatable bonds is 1. The van der Waals surface area contributed by atoms with E-state index >= 15 is 0 Å². The minimum atomic E-state index is 0.813. The Bertz CT molecular complexity index is 305. The SMILES string of the molecule is CNC(=S)c1ccc(C)cc1C. The van der Waals surface area contributed by atoms with Crippen molar-refractivity contribution in [1.82, 2.24) is 5.32 Å². The molecule has 0 unspecified atom stereocenters. The molecule has 0 saturated carbocycles. The van der Waals surface area contributed by atoms with Gasteiger partial charge >= 0.3 is 0 Å². The molecule has 0 spiro atoms. The third kappa shape index (κ3) is 1.83. The maximum atomic E-state index is 5.14. The molecule has 1 aromatic carbocycles. The Balaban J connectivity index is 3.09. The molecule has 2 heteroatoms. The van der Waals surface area contributed by atoms with Gasteiger partial charge in [0.1, 0.15) is 4.99 Å². The van der Waals surface area contributed by atoms with Crippen LogP contribution < -0.4 is 5.32 Å². The Morgan fingerprint density at radius 2 is 2.00 bits per heavy atom. The van der Waals surface area contributed by atoms with E-state index in [0.717, 1.165) is 10.6 Å². The van der Waals surface area contributed by atoms with Crippen LogP contribution >= 0.6 is 12.2 Å². The average molecular weight is 179 g/mol. The maximum absolute atomic E-state index is 5.14. The zero-order chi connectivity index (χ0) is 9.14. The highest BCUT2D eigenvalue weighted by molar-refractivity contribution is 7.80. The fourth-order valence-electron chi connectivity index (χ4n) is 1.20. The van der Waals surface area contributed by atoms with E-state index in [1.165, 1.54) is 11.1 Å². The number of aryl methyl sites for hydroxylation is 2. The third-order valence-corrected chi connectivity index (χ3v) is 2.28. The predicted molar refractivity (Wildman–Crippen MR) is 56.7 cm³/mol. The lowest BCUT2D eigenvalue weighted by Gasteiger charge is -2.07. The first-order valence-electron chi connectivity index (χ1n) is 3.94. The monoisotopic (exact) mass is 179 g/mol. The number of thiocarbonyl (C=S) groups is 1. The average Bonchev–Trinajstić information content (AvgIpc) is 2.03. The molecule has 0 heterocycles. The second-order valence-corrected chi connectivity index (χ2v) is 3.31. The molecule has 0 aliphatic carbocycles. The van der Waals surface area contributed by atoms with Gasteiger partial charge in [-0.05, 0) is 19.4 Å². The highest BCUT2D eigenvalue weighted by Gasteiger charge is 2.01. The van der Waals surface area contributed by atoms with Crippen LogP contribution in [-0.2, 0) is 0 Å². The molecule has 0 amide bonds. The van der Waals surface area contributed by atoms with Crippen LogP contribution in [0.2, 0.25) is 0 Å². The normalized spacial score (nSPS) is 9.58. The fraction of sp³-hybridized carbons (Fsp3) is 0.300. The molecule has 0 fully saturated rings. The fourth-order valence-corrected chi connectivity index (χ4v) is 1.43. The van der Waals surface area contributed by atoms with E-state index in [2.05, 4.69) is 37.4 Å². The minimum absolute atomic E-state index is 0.813. The van der Waals surface area contributed by atoms with Crippen LogP contribution in [0.4, 0.5) is 0 Å². The minimum Gasteiger partial charge on any atom is -0.379 e. The summed E-state index contributed by atoms with van der Waals surface area (Å²) < 4.78 is 0. The first-order valence-corrected chi connectivity index (χ1v) is 4.35. The summed E-state index contributed by atoms with van der Waals surface area (Å²) in [5.74, 6) is 0. The topological polar surface area (TPSA) is 12.0 Å². The lowest BCUT2D eigenvalue weighted by atomic mass is 10.1. The first kappa shape index (κ1) is 9.20. The molecule has 1 rings (SSSR count). The maximum Gasteiger partial charge on any atom is 0.106 e. The summed E-state index contributed by atoms with van der Waals surface area (Å²) in [5.41, 5.74) is 3.63. The molecular formula is C10H13NS. The first-order chi connectivity index (χ1) is 5.65. The molecule has 0 bridgehead atoms. The van der Waals surface area contributed by atoms with Gasteiger partial charge in [-0.3, -0.25) is 0 Å². The summed E-state index contributed by atoms with van der Waals surface area (Å²) in [6, 6.07) is 6.27. The molecule has 1 nitrogen and oxygen atoms in total. The third-order valence-electron chi connectivity index (χ3n) is 1.85. The van der Waals surface area contributed by atoms with Crippen molar-refractivity contribution in [2.24, 2.45) is 0 Å². The van der Waals surface area contributed by atoms with Crippen LogP contribution in [0.3, 0.4) is 0 Å². The van der Waals surface area contributed by atoms with E-state index < -0.39 is 0 Å². The molecule has 0 aliphatic rings. The molecule has 0 aromatic heterocycles. The van der Waals surface area contributed by atoms with Gasteiger partial charge in [0.05, 0.1) is 0 Å². The molecule has 0 atom stereocenters. The van der Waals surface area contributed by atoms with Crippen molar-refractivity contribution in [3.05, 3.63) is 34.9 Å². The molecule has 12 heavy (non-hydrogen) atoms. The highest BCUT2D eigenvalue weighted by atomic mass is 32.1. The van der Waals surface area contributed by atoms with Crippen molar-refractivity contribution in [3.8, 4) is 0 Å². The van der Waals surface area contributed by atoms with Gasteiger partial charge in [0.2, 0.25) is 0 Å². The zero-order valence-corrected chi connectivity index (χ0v) is 8.46. The van der Waals surface area contributed by atoms with Crippen LogP contribution in [0.25, 0.3) is 0 Å². The van der Waals surface area contributed by atoms with Crippen LogP contribution in [0, 0.1) is 13.8 Å². The van der Waals surface area contributed by atoms with Crippen LogP contribution in [0.1, 0.15) is 16.7 Å². The molecular weight excluding hydrogens is 166 g/mol. The largest absolute Gasteiger partial charge is 0.379 e. The standard InChI is InChI=1S/C10H13NS/c1-7-4-5-9(8(2)6-7)10(12)11-3/h4-6H,1-3H3,(H,11,12). The summed E-state index contributed by atoms with van der Waals surface area (Å²) in [4.78, 5) is 0.813. The molecule has 0 aliphatic heterocycles. The van der Waals surface area contributed by atoms with Crippen molar-refractivity contribution in [2.45, 2.75) is 13.8 Å².